The lowest BCUT2D eigenvalue weighted by molar-refractivity contribution is 0.0172. The van der Waals surface area contributed by atoms with Crippen molar-refractivity contribution in [2.24, 2.45) is 0 Å². The van der Waals surface area contributed by atoms with Crippen LogP contribution in [0.15, 0.2) is 33.7 Å². The fraction of sp³-hybridized carbons (Fsp3) is 0.471. The van der Waals surface area contributed by atoms with E-state index in [9.17, 15) is 8.42 Å². The van der Waals surface area contributed by atoms with E-state index >= 15 is 0 Å². The van der Waals surface area contributed by atoms with Crippen molar-refractivity contribution in [1.29, 1.82) is 0 Å². The molecule has 1 atom stereocenters. The van der Waals surface area contributed by atoms with Crippen molar-refractivity contribution >= 4 is 21.6 Å². The summed E-state index contributed by atoms with van der Waals surface area (Å²) in [7, 11) is -3.72. The van der Waals surface area contributed by atoms with E-state index in [4.69, 9.17) is 20.9 Å². The summed E-state index contributed by atoms with van der Waals surface area (Å²) in [5.74, 6) is 0.282. The molecule has 7 nitrogen and oxygen atoms in total. The van der Waals surface area contributed by atoms with Crippen LogP contribution < -0.4 is 4.72 Å². The molecule has 1 saturated heterocycles. The number of halogens is 1. The fourth-order valence-electron chi connectivity index (χ4n) is 3.15. The minimum absolute atomic E-state index is 0.106. The number of sulfonamides is 1. The van der Waals surface area contributed by atoms with Crippen molar-refractivity contribution in [3.8, 4) is 0 Å². The quantitative estimate of drug-likeness (QED) is 0.802. The number of morpholine rings is 1. The van der Waals surface area contributed by atoms with Gasteiger partial charge in [0.05, 0.1) is 13.2 Å². The van der Waals surface area contributed by atoms with E-state index in [0.717, 1.165) is 18.7 Å². The first kappa shape index (κ1) is 19.3. The molecule has 0 aliphatic carbocycles. The maximum atomic E-state index is 12.7. The predicted octanol–water partition coefficient (Wildman–Crippen LogP) is 2.30. The molecule has 1 fully saturated rings. The van der Waals surface area contributed by atoms with Crippen LogP contribution in [0.25, 0.3) is 0 Å². The number of nitrogens with zero attached hydrogens (tertiary/aromatic N) is 2. The molecule has 1 aromatic heterocycles. The van der Waals surface area contributed by atoms with Crippen LogP contribution in [0.2, 0.25) is 5.02 Å². The van der Waals surface area contributed by atoms with Crippen LogP contribution in [0.1, 0.15) is 23.1 Å². The molecule has 142 valence electrons. The highest BCUT2D eigenvalue weighted by Crippen LogP contribution is 2.25. The van der Waals surface area contributed by atoms with Crippen LogP contribution in [0.3, 0.4) is 0 Å². The molecule has 0 radical (unpaired) electrons. The van der Waals surface area contributed by atoms with Gasteiger partial charge in [0, 0.05) is 30.7 Å². The Kier molecular flexibility index (Phi) is 5.99. The number of nitrogens with one attached hydrogen (secondary N) is 1. The molecule has 0 amide bonds. The van der Waals surface area contributed by atoms with Crippen LogP contribution in [0, 0.1) is 13.8 Å². The van der Waals surface area contributed by atoms with Crippen molar-refractivity contribution in [2.45, 2.75) is 24.8 Å². The lowest BCUT2D eigenvalue weighted by Gasteiger charge is -2.34. The van der Waals surface area contributed by atoms with Gasteiger partial charge in [-0.05, 0) is 31.5 Å². The normalized spacial score (nSPS) is 17.3. The van der Waals surface area contributed by atoms with E-state index in [1.807, 2.05) is 24.3 Å². The summed E-state index contributed by atoms with van der Waals surface area (Å²) in [6.45, 7) is 6.16. The largest absolute Gasteiger partial charge is 0.379 e. The molecule has 9 heteroatoms. The molecular weight excluding hydrogens is 378 g/mol. The van der Waals surface area contributed by atoms with Gasteiger partial charge >= 0.3 is 0 Å². The Morgan fingerprint density at radius 1 is 1.23 bits per heavy atom. The first-order valence-corrected chi connectivity index (χ1v) is 10.2. The van der Waals surface area contributed by atoms with E-state index in [-0.39, 0.29) is 23.2 Å². The van der Waals surface area contributed by atoms with Crippen LogP contribution in [0.4, 0.5) is 0 Å². The lowest BCUT2D eigenvalue weighted by atomic mass is 10.1. The summed E-state index contributed by atoms with van der Waals surface area (Å²) in [5, 5.41) is 4.38. The van der Waals surface area contributed by atoms with E-state index in [2.05, 4.69) is 14.8 Å². The molecule has 1 N–H and O–H groups in total. The van der Waals surface area contributed by atoms with E-state index in [0.29, 0.717) is 23.9 Å². The van der Waals surface area contributed by atoms with Crippen LogP contribution >= 0.6 is 11.6 Å². The highest BCUT2D eigenvalue weighted by molar-refractivity contribution is 7.89. The third-order valence-corrected chi connectivity index (χ3v) is 6.36. The summed E-state index contributed by atoms with van der Waals surface area (Å²) < 4.78 is 38.6. The van der Waals surface area contributed by atoms with E-state index in [1.165, 1.54) is 0 Å². The minimum atomic E-state index is -3.72. The number of hydrogen-bond donors (Lipinski definition) is 1. The Hall–Kier alpha value is -1.45. The second-order valence-electron chi connectivity index (χ2n) is 6.22. The average Bonchev–Trinajstić information content (AvgIpc) is 2.97. The Balaban J connectivity index is 1.82. The van der Waals surface area contributed by atoms with Crippen molar-refractivity contribution in [3.63, 3.8) is 0 Å². The molecule has 26 heavy (non-hydrogen) atoms. The first-order chi connectivity index (χ1) is 12.4. The second kappa shape index (κ2) is 8.06. The highest BCUT2D eigenvalue weighted by Gasteiger charge is 2.28. The summed E-state index contributed by atoms with van der Waals surface area (Å²) in [6.07, 6.45) is 0. The van der Waals surface area contributed by atoms with Crippen molar-refractivity contribution in [3.05, 3.63) is 46.3 Å². The molecule has 0 saturated carbocycles. The van der Waals surface area contributed by atoms with Crippen molar-refractivity contribution in [2.75, 3.05) is 32.8 Å². The maximum Gasteiger partial charge on any atom is 0.246 e. The fourth-order valence-corrected chi connectivity index (χ4v) is 4.64. The van der Waals surface area contributed by atoms with Crippen molar-refractivity contribution < 1.29 is 17.7 Å². The third kappa shape index (κ3) is 4.27. The highest BCUT2D eigenvalue weighted by atomic mass is 35.5. The average molecular weight is 400 g/mol. The molecule has 2 heterocycles. The molecule has 0 spiro atoms. The molecule has 1 unspecified atom stereocenters. The second-order valence-corrected chi connectivity index (χ2v) is 8.36. The first-order valence-electron chi connectivity index (χ1n) is 8.38. The molecule has 3 rings (SSSR count). The van der Waals surface area contributed by atoms with Gasteiger partial charge in [-0.1, -0.05) is 28.9 Å². The molecule has 1 aliphatic heterocycles. The van der Waals surface area contributed by atoms with Crippen LogP contribution in [0.5, 0.6) is 0 Å². The number of benzene rings is 1. The number of hydrogen-bond acceptors (Lipinski definition) is 6. The zero-order valence-electron chi connectivity index (χ0n) is 14.7. The molecule has 0 bridgehead atoms. The standard InChI is InChI=1S/C17H22ClN3O4S/c1-12-17(13(2)25-20-12)26(22,23)19-11-16(21-7-9-24-10-8-21)14-3-5-15(18)6-4-14/h3-6,16,19H,7-11H2,1-2H3. The number of aromatic nitrogens is 1. The zero-order chi connectivity index (χ0) is 18.7. The number of rotatable bonds is 6. The van der Waals surface area contributed by atoms with Gasteiger partial charge in [0.25, 0.3) is 0 Å². The monoisotopic (exact) mass is 399 g/mol. The Bertz CT molecular complexity index is 826. The molecular formula is C17H22ClN3O4S. The SMILES string of the molecule is Cc1noc(C)c1S(=O)(=O)NCC(c1ccc(Cl)cc1)N1CCOCC1. The van der Waals surface area contributed by atoms with Gasteiger partial charge in [-0.15, -0.1) is 0 Å². The summed E-state index contributed by atoms with van der Waals surface area (Å²) in [4.78, 5) is 2.32. The molecule has 2 aromatic rings. The van der Waals surface area contributed by atoms with Gasteiger partial charge in [0.2, 0.25) is 10.0 Å². The van der Waals surface area contributed by atoms with Gasteiger partial charge in [0.15, 0.2) is 5.76 Å². The molecule has 1 aromatic carbocycles. The van der Waals surface area contributed by atoms with Gasteiger partial charge in [0.1, 0.15) is 10.6 Å². The smallest absolute Gasteiger partial charge is 0.246 e. The van der Waals surface area contributed by atoms with Crippen LogP contribution in [-0.2, 0) is 14.8 Å². The summed E-state index contributed by atoms with van der Waals surface area (Å²) in [6, 6.07) is 7.35. The minimum Gasteiger partial charge on any atom is -0.379 e. The number of ether oxygens (including phenoxy) is 1. The summed E-state index contributed by atoms with van der Waals surface area (Å²) in [5.41, 5.74) is 1.35. The van der Waals surface area contributed by atoms with E-state index in [1.54, 1.807) is 13.8 Å². The van der Waals surface area contributed by atoms with Gasteiger partial charge in [-0.25, -0.2) is 13.1 Å². The third-order valence-electron chi connectivity index (χ3n) is 4.44. The predicted molar refractivity (Wildman–Crippen MR) is 97.8 cm³/mol. The van der Waals surface area contributed by atoms with Gasteiger partial charge < -0.3 is 9.26 Å². The summed E-state index contributed by atoms with van der Waals surface area (Å²) >= 11 is 5.99. The number of aryl methyl sites for hydroxylation is 2. The van der Waals surface area contributed by atoms with Gasteiger partial charge in [-0.3, -0.25) is 4.90 Å². The maximum absolute atomic E-state index is 12.7. The topological polar surface area (TPSA) is 84.7 Å². The van der Waals surface area contributed by atoms with Gasteiger partial charge in [-0.2, -0.15) is 0 Å². The molecule has 1 aliphatic rings. The Morgan fingerprint density at radius 2 is 1.88 bits per heavy atom. The van der Waals surface area contributed by atoms with E-state index < -0.39 is 10.0 Å². The lowest BCUT2D eigenvalue weighted by Crippen LogP contribution is -2.43. The Labute approximate surface area is 158 Å². The zero-order valence-corrected chi connectivity index (χ0v) is 16.3. The van der Waals surface area contributed by atoms with Crippen LogP contribution in [-0.4, -0.2) is 51.3 Å². The van der Waals surface area contributed by atoms with Crippen molar-refractivity contribution in [1.82, 2.24) is 14.8 Å². The Morgan fingerprint density at radius 3 is 2.46 bits per heavy atom.